The first-order valence-corrected chi connectivity index (χ1v) is 6.13. The van der Waals surface area contributed by atoms with Gasteiger partial charge in [0, 0.05) is 18.6 Å². The van der Waals surface area contributed by atoms with Crippen LogP contribution in [0.25, 0.3) is 0 Å². The Labute approximate surface area is 103 Å². The van der Waals surface area contributed by atoms with Crippen LogP contribution in [0.1, 0.15) is 34.1 Å². The lowest BCUT2D eigenvalue weighted by Crippen LogP contribution is -2.44. The number of hydrogen-bond acceptors (Lipinski definition) is 2. The van der Waals surface area contributed by atoms with Gasteiger partial charge in [-0.3, -0.25) is 4.90 Å². The Balaban J connectivity index is 3.92. The highest BCUT2D eigenvalue weighted by Gasteiger charge is 2.27. The van der Waals surface area contributed by atoms with E-state index in [1.54, 1.807) is 0 Å². The fourth-order valence-electron chi connectivity index (χ4n) is 1.85. The van der Waals surface area contributed by atoms with E-state index in [4.69, 9.17) is 0 Å². The molecule has 0 aliphatic heterocycles. The predicted octanol–water partition coefficient (Wildman–Crippen LogP) is 2.89. The fraction of sp³-hybridized carbons (Fsp3) is 1.00. The van der Waals surface area contributed by atoms with Crippen LogP contribution >= 0.6 is 0 Å². The van der Waals surface area contributed by atoms with Gasteiger partial charge < -0.3 is 5.32 Å². The first kappa shape index (κ1) is 16.7. The van der Waals surface area contributed by atoms with Gasteiger partial charge >= 0.3 is 6.18 Å². The van der Waals surface area contributed by atoms with Crippen molar-refractivity contribution < 1.29 is 13.2 Å². The molecule has 0 aromatic carbocycles. The van der Waals surface area contributed by atoms with Gasteiger partial charge in [-0.05, 0) is 33.2 Å². The lowest BCUT2D eigenvalue weighted by Gasteiger charge is -2.32. The van der Waals surface area contributed by atoms with Gasteiger partial charge in [0.25, 0.3) is 0 Å². The summed E-state index contributed by atoms with van der Waals surface area (Å²) >= 11 is 0. The van der Waals surface area contributed by atoms with Crippen molar-refractivity contribution in [3.8, 4) is 0 Å². The van der Waals surface area contributed by atoms with Crippen molar-refractivity contribution in [2.24, 2.45) is 5.92 Å². The molecule has 0 saturated carbocycles. The average Bonchev–Trinajstić information content (AvgIpc) is 2.13. The van der Waals surface area contributed by atoms with E-state index in [0.29, 0.717) is 18.5 Å². The highest BCUT2D eigenvalue weighted by atomic mass is 19.4. The molecule has 0 fully saturated rings. The minimum atomic E-state index is -4.12. The van der Waals surface area contributed by atoms with Crippen molar-refractivity contribution >= 4 is 0 Å². The lowest BCUT2D eigenvalue weighted by atomic mass is 10.0. The van der Waals surface area contributed by atoms with Crippen molar-refractivity contribution in [1.82, 2.24) is 10.2 Å². The van der Waals surface area contributed by atoms with E-state index in [1.807, 2.05) is 14.0 Å². The van der Waals surface area contributed by atoms with Gasteiger partial charge in [0.2, 0.25) is 0 Å². The Kier molecular flexibility index (Phi) is 7.09. The molecule has 0 aliphatic carbocycles. The Hall–Kier alpha value is -0.290. The van der Waals surface area contributed by atoms with Crippen LogP contribution in [0.4, 0.5) is 13.2 Å². The molecule has 0 heterocycles. The van der Waals surface area contributed by atoms with Crippen LogP contribution in [-0.4, -0.2) is 43.3 Å². The second-order valence-corrected chi connectivity index (χ2v) is 5.24. The van der Waals surface area contributed by atoms with Crippen molar-refractivity contribution in [3.05, 3.63) is 0 Å². The zero-order chi connectivity index (χ0) is 13.6. The molecule has 2 atom stereocenters. The topological polar surface area (TPSA) is 15.3 Å². The van der Waals surface area contributed by atoms with Gasteiger partial charge in [-0.15, -0.1) is 0 Å². The summed E-state index contributed by atoms with van der Waals surface area (Å²) in [5.41, 5.74) is 0. The van der Waals surface area contributed by atoms with Crippen LogP contribution < -0.4 is 5.32 Å². The van der Waals surface area contributed by atoms with Gasteiger partial charge in [-0.25, -0.2) is 0 Å². The summed E-state index contributed by atoms with van der Waals surface area (Å²) in [7, 11) is 1.97. The molecule has 0 amide bonds. The lowest BCUT2D eigenvalue weighted by molar-refractivity contribution is -0.125. The smallest absolute Gasteiger partial charge is 0.307 e. The second-order valence-electron chi connectivity index (χ2n) is 5.24. The first-order valence-electron chi connectivity index (χ1n) is 6.13. The predicted molar refractivity (Wildman–Crippen MR) is 65.1 cm³/mol. The molecular formula is C12H25F3N2. The van der Waals surface area contributed by atoms with Gasteiger partial charge in [0.05, 0.1) is 6.54 Å². The summed E-state index contributed by atoms with van der Waals surface area (Å²) < 4.78 is 35.9. The van der Waals surface area contributed by atoms with Crippen molar-refractivity contribution in [2.45, 2.75) is 52.4 Å². The maximum absolute atomic E-state index is 12.0. The monoisotopic (exact) mass is 254 g/mol. The van der Waals surface area contributed by atoms with Crippen LogP contribution in [0, 0.1) is 5.92 Å². The third-order valence-electron chi connectivity index (χ3n) is 2.97. The minimum Gasteiger partial charge on any atom is -0.307 e. The largest absolute Gasteiger partial charge is 0.401 e. The summed E-state index contributed by atoms with van der Waals surface area (Å²) in [6, 6.07) is 0.490. The molecule has 0 radical (unpaired) electrons. The third kappa shape index (κ3) is 8.44. The molecule has 0 rings (SSSR count). The van der Waals surface area contributed by atoms with Crippen LogP contribution in [0.15, 0.2) is 0 Å². The number of hydrogen-bond donors (Lipinski definition) is 1. The fourth-order valence-corrected chi connectivity index (χ4v) is 1.85. The van der Waals surface area contributed by atoms with Gasteiger partial charge in [0.15, 0.2) is 0 Å². The Bertz CT molecular complexity index is 204. The van der Waals surface area contributed by atoms with Crippen molar-refractivity contribution in [2.75, 3.05) is 20.1 Å². The molecule has 0 bridgehead atoms. The number of nitrogens with one attached hydrogen (secondary N) is 1. The first-order chi connectivity index (χ1) is 7.63. The molecule has 2 unspecified atom stereocenters. The summed E-state index contributed by atoms with van der Waals surface area (Å²) in [6.07, 6.45) is -3.07. The van der Waals surface area contributed by atoms with Gasteiger partial charge in [-0.1, -0.05) is 13.8 Å². The average molecular weight is 254 g/mol. The minimum absolute atomic E-state index is 0.103. The summed E-state index contributed by atoms with van der Waals surface area (Å²) in [5.74, 6) is 0.600. The van der Waals surface area contributed by atoms with Crippen LogP contribution in [0.2, 0.25) is 0 Å². The number of likely N-dealkylation sites (N-methyl/N-ethyl adjacent to an activating group) is 1. The van der Waals surface area contributed by atoms with Crippen molar-refractivity contribution in [1.29, 1.82) is 0 Å². The molecule has 2 nitrogen and oxygen atoms in total. The Morgan fingerprint density at radius 1 is 1.06 bits per heavy atom. The van der Waals surface area contributed by atoms with E-state index in [-0.39, 0.29) is 6.04 Å². The van der Waals surface area contributed by atoms with E-state index in [0.717, 1.165) is 6.42 Å². The number of nitrogens with zero attached hydrogens (tertiary/aromatic N) is 1. The molecule has 104 valence electrons. The number of rotatable bonds is 7. The van der Waals surface area contributed by atoms with Crippen LogP contribution in [0.3, 0.4) is 0 Å². The number of halogens is 3. The zero-order valence-corrected chi connectivity index (χ0v) is 11.4. The normalized spacial score (nSPS) is 16.6. The Morgan fingerprint density at radius 2 is 1.59 bits per heavy atom. The molecule has 1 N–H and O–H groups in total. The standard InChI is InChI=1S/C12H25F3N2/c1-9(2)6-10(3)17(5)11(4)7-16-8-12(13,14)15/h9-11,16H,6-8H2,1-5H3. The highest BCUT2D eigenvalue weighted by molar-refractivity contribution is 4.73. The van der Waals surface area contributed by atoms with Crippen LogP contribution in [0.5, 0.6) is 0 Å². The van der Waals surface area contributed by atoms with Gasteiger partial charge in [0.1, 0.15) is 0 Å². The molecule has 0 spiro atoms. The van der Waals surface area contributed by atoms with E-state index in [1.165, 1.54) is 0 Å². The zero-order valence-electron chi connectivity index (χ0n) is 11.4. The van der Waals surface area contributed by atoms with E-state index in [2.05, 4.69) is 31.0 Å². The van der Waals surface area contributed by atoms with E-state index >= 15 is 0 Å². The molecule has 0 aromatic heterocycles. The molecule has 17 heavy (non-hydrogen) atoms. The molecular weight excluding hydrogens is 229 g/mol. The molecule has 5 heteroatoms. The summed E-state index contributed by atoms with van der Waals surface area (Å²) in [5, 5.41) is 2.45. The maximum Gasteiger partial charge on any atom is 0.401 e. The summed E-state index contributed by atoms with van der Waals surface area (Å²) in [4.78, 5) is 2.13. The maximum atomic E-state index is 12.0. The van der Waals surface area contributed by atoms with Crippen molar-refractivity contribution in [3.63, 3.8) is 0 Å². The van der Waals surface area contributed by atoms with E-state index in [9.17, 15) is 13.2 Å². The highest BCUT2D eigenvalue weighted by Crippen LogP contribution is 2.14. The number of alkyl halides is 3. The Morgan fingerprint density at radius 3 is 2.00 bits per heavy atom. The third-order valence-corrected chi connectivity index (χ3v) is 2.97. The van der Waals surface area contributed by atoms with Crippen LogP contribution in [-0.2, 0) is 0 Å². The second kappa shape index (κ2) is 7.21. The van der Waals surface area contributed by atoms with E-state index < -0.39 is 12.7 Å². The molecule has 0 aliphatic rings. The van der Waals surface area contributed by atoms with Gasteiger partial charge in [-0.2, -0.15) is 13.2 Å². The molecule has 0 saturated heterocycles. The molecule has 0 aromatic rings. The summed E-state index contributed by atoms with van der Waals surface area (Å²) in [6.45, 7) is 7.80. The quantitative estimate of drug-likeness (QED) is 0.751. The SMILES string of the molecule is CC(C)CC(C)N(C)C(C)CNCC(F)(F)F.